The highest BCUT2D eigenvalue weighted by molar-refractivity contribution is 7.98. The van der Waals surface area contributed by atoms with Gasteiger partial charge < -0.3 is 37.6 Å². The van der Waals surface area contributed by atoms with Gasteiger partial charge in [0.1, 0.15) is 18.1 Å². The Hall–Kier alpha value is -2.38. The van der Waals surface area contributed by atoms with Crippen LogP contribution in [0, 0.1) is 5.92 Å². The van der Waals surface area contributed by atoms with E-state index in [-0.39, 0.29) is 25.2 Å². The molecule has 0 spiro atoms. The Morgan fingerprint density at radius 2 is 1.41 bits per heavy atom. The second-order valence-corrected chi connectivity index (χ2v) is 8.71. The molecule has 0 saturated carbocycles. The number of carboxylic acid groups (broad SMARTS) is 1. The summed E-state index contributed by atoms with van der Waals surface area (Å²) in [6, 6.07) is -4.70. The minimum Gasteiger partial charge on any atom is -0.480 e. The van der Waals surface area contributed by atoms with Crippen molar-refractivity contribution in [2.75, 3.05) is 18.6 Å². The van der Waals surface area contributed by atoms with E-state index >= 15 is 0 Å². The summed E-state index contributed by atoms with van der Waals surface area (Å²) in [6.45, 7) is 2.95. The lowest BCUT2D eigenvalue weighted by atomic mass is 10.0. The average Bonchev–Trinajstić information content (AvgIpc) is 2.70. The molecule has 4 unspecified atom stereocenters. The lowest BCUT2D eigenvalue weighted by Crippen LogP contribution is -2.57. The number of carbonyl (C=O) groups is 5. The van der Waals surface area contributed by atoms with Crippen molar-refractivity contribution >= 4 is 41.4 Å². The molecule has 0 aliphatic carbocycles. The van der Waals surface area contributed by atoms with E-state index in [1.807, 2.05) is 20.1 Å². The van der Waals surface area contributed by atoms with E-state index < -0.39 is 60.4 Å². The van der Waals surface area contributed by atoms with Gasteiger partial charge in [0.15, 0.2) is 0 Å². The SMILES string of the molecule is CSCCC(NC(=O)C(N)CC(C)C)C(=O)NC(CCC(N)=O)C(=O)NC(CO)C(=O)O. The first kappa shape index (κ1) is 29.6. The van der Waals surface area contributed by atoms with Crippen LogP contribution in [0.3, 0.4) is 0 Å². The molecule has 0 aliphatic rings. The van der Waals surface area contributed by atoms with Gasteiger partial charge in [-0.2, -0.15) is 11.8 Å². The van der Waals surface area contributed by atoms with Gasteiger partial charge in [0.25, 0.3) is 0 Å². The molecule has 0 rings (SSSR count). The van der Waals surface area contributed by atoms with E-state index in [0.29, 0.717) is 12.2 Å². The van der Waals surface area contributed by atoms with Gasteiger partial charge in [-0.1, -0.05) is 13.8 Å². The Bertz CT molecular complexity index is 662. The summed E-state index contributed by atoms with van der Waals surface area (Å²) < 4.78 is 0. The number of aliphatic carboxylic acids is 1. The van der Waals surface area contributed by atoms with Crippen molar-refractivity contribution in [2.24, 2.45) is 17.4 Å². The van der Waals surface area contributed by atoms with Crippen LogP contribution in [-0.2, 0) is 24.0 Å². The van der Waals surface area contributed by atoms with E-state index in [4.69, 9.17) is 21.7 Å². The Labute approximate surface area is 191 Å². The fourth-order valence-electron chi connectivity index (χ4n) is 2.68. The van der Waals surface area contributed by atoms with E-state index in [0.717, 1.165) is 0 Å². The van der Waals surface area contributed by atoms with E-state index in [1.165, 1.54) is 11.8 Å². The predicted octanol–water partition coefficient (Wildman–Crippen LogP) is -2.09. The van der Waals surface area contributed by atoms with Crippen molar-refractivity contribution in [3.63, 3.8) is 0 Å². The molecule has 0 aromatic rings. The molecule has 0 heterocycles. The van der Waals surface area contributed by atoms with Gasteiger partial charge in [-0.15, -0.1) is 0 Å². The zero-order valence-electron chi connectivity index (χ0n) is 18.6. The summed E-state index contributed by atoms with van der Waals surface area (Å²) in [5, 5.41) is 25.2. The van der Waals surface area contributed by atoms with Gasteiger partial charge >= 0.3 is 5.97 Å². The van der Waals surface area contributed by atoms with Crippen molar-refractivity contribution in [3.05, 3.63) is 0 Å². The Morgan fingerprint density at radius 3 is 1.84 bits per heavy atom. The van der Waals surface area contributed by atoms with E-state index in [1.54, 1.807) is 0 Å². The van der Waals surface area contributed by atoms with Crippen LogP contribution < -0.4 is 27.4 Å². The molecule has 4 atom stereocenters. The summed E-state index contributed by atoms with van der Waals surface area (Å²) in [7, 11) is 0. The predicted molar refractivity (Wildman–Crippen MR) is 119 cm³/mol. The van der Waals surface area contributed by atoms with E-state index in [2.05, 4.69) is 16.0 Å². The summed E-state index contributed by atoms with van der Waals surface area (Å²) >= 11 is 1.45. The molecule has 0 bridgehead atoms. The van der Waals surface area contributed by atoms with Crippen LogP contribution in [-0.4, -0.2) is 82.6 Å². The maximum atomic E-state index is 12.8. The lowest BCUT2D eigenvalue weighted by molar-refractivity contribution is -0.143. The number of aliphatic hydroxyl groups is 1. The topological polar surface area (TPSA) is 214 Å². The Morgan fingerprint density at radius 1 is 0.906 bits per heavy atom. The third-order valence-electron chi connectivity index (χ3n) is 4.42. The second-order valence-electron chi connectivity index (χ2n) is 7.73. The fourth-order valence-corrected chi connectivity index (χ4v) is 3.16. The van der Waals surface area contributed by atoms with E-state index in [9.17, 15) is 24.0 Å². The lowest BCUT2D eigenvalue weighted by Gasteiger charge is -2.25. The number of nitrogens with one attached hydrogen (secondary N) is 3. The zero-order chi connectivity index (χ0) is 24.8. The molecule has 0 aliphatic heterocycles. The number of aliphatic hydroxyl groups excluding tert-OH is 1. The number of nitrogens with two attached hydrogens (primary N) is 2. The molecular weight excluding hydrogens is 442 g/mol. The highest BCUT2D eigenvalue weighted by atomic mass is 32.2. The quantitative estimate of drug-likeness (QED) is 0.129. The maximum Gasteiger partial charge on any atom is 0.328 e. The molecule has 32 heavy (non-hydrogen) atoms. The van der Waals surface area contributed by atoms with Crippen molar-refractivity contribution in [2.45, 2.75) is 63.7 Å². The standard InChI is InChI=1S/C19H35N5O7S/c1-10(2)8-11(20)16(27)22-13(6-7-32-3)18(29)23-12(4-5-15(21)26)17(28)24-14(9-25)19(30)31/h10-14,25H,4-9,20H2,1-3H3,(H2,21,26)(H,22,27)(H,23,29)(H,24,28)(H,30,31). The average molecular weight is 478 g/mol. The molecule has 0 radical (unpaired) electrons. The molecule has 13 heteroatoms. The normalized spacial score (nSPS) is 14.7. The van der Waals surface area contributed by atoms with Gasteiger partial charge in [-0.05, 0) is 37.2 Å². The van der Waals surface area contributed by atoms with Crippen LogP contribution in [0.25, 0.3) is 0 Å². The summed E-state index contributed by atoms with van der Waals surface area (Å²) in [5.74, 6) is -3.60. The molecule has 0 aromatic heterocycles. The highest BCUT2D eigenvalue weighted by Gasteiger charge is 2.30. The Balaban J connectivity index is 5.42. The molecule has 184 valence electrons. The molecule has 4 amide bonds. The van der Waals surface area contributed by atoms with Gasteiger partial charge in [0, 0.05) is 6.42 Å². The summed E-state index contributed by atoms with van der Waals surface area (Å²) in [4.78, 5) is 59.9. The number of hydrogen-bond donors (Lipinski definition) is 7. The number of carbonyl (C=O) groups excluding carboxylic acids is 4. The zero-order valence-corrected chi connectivity index (χ0v) is 19.4. The van der Waals surface area contributed by atoms with Crippen molar-refractivity contribution in [1.29, 1.82) is 0 Å². The first-order valence-corrected chi connectivity index (χ1v) is 11.6. The van der Waals surface area contributed by atoms with Crippen LogP contribution in [0.1, 0.15) is 39.5 Å². The molecule has 0 fully saturated rings. The van der Waals surface area contributed by atoms with Gasteiger partial charge in [-0.25, -0.2) is 4.79 Å². The third kappa shape index (κ3) is 11.9. The minimum atomic E-state index is -1.59. The number of primary amides is 1. The van der Waals surface area contributed by atoms with Crippen LogP contribution >= 0.6 is 11.8 Å². The van der Waals surface area contributed by atoms with Crippen LogP contribution in [0.4, 0.5) is 0 Å². The monoisotopic (exact) mass is 477 g/mol. The summed E-state index contributed by atoms with van der Waals surface area (Å²) in [5.41, 5.74) is 11.0. The number of rotatable bonds is 16. The van der Waals surface area contributed by atoms with Gasteiger partial charge in [-0.3, -0.25) is 19.2 Å². The van der Waals surface area contributed by atoms with Crippen molar-refractivity contribution in [3.8, 4) is 0 Å². The van der Waals surface area contributed by atoms with Crippen molar-refractivity contribution < 1.29 is 34.2 Å². The first-order chi connectivity index (χ1) is 14.9. The molecular formula is C19H35N5O7S. The number of thioether (sulfide) groups is 1. The highest BCUT2D eigenvalue weighted by Crippen LogP contribution is 2.07. The second kappa shape index (κ2) is 15.4. The minimum absolute atomic E-state index is 0.171. The molecule has 0 saturated heterocycles. The fraction of sp³-hybridized carbons (Fsp3) is 0.737. The van der Waals surface area contributed by atoms with Gasteiger partial charge in [0.05, 0.1) is 12.6 Å². The third-order valence-corrected chi connectivity index (χ3v) is 5.06. The number of hydrogen-bond acceptors (Lipinski definition) is 8. The number of amides is 4. The number of carboxylic acids is 1. The summed E-state index contributed by atoms with van der Waals surface area (Å²) in [6.07, 6.45) is 2.05. The largest absolute Gasteiger partial charge is 0.480 e. The smallest absolute Gasteiger partial charge is 0.328 e. The maximum absolute atomic E-state index is 12.8. The molecule has 9 N–H and O–H groups in total. The van der Waals surface area contributed by atoms with Crippen LogP contribution in [0.15, 0.2) is 0 Å². The molecule has 12 nitrogen and oxygen atoms in total. The van der Waals surface area contributed by atoms with Crippen LogP contribution in [0.5, 0.6) is 0 Å². The van der Waals surface area contributed by atoms with Crippen LogP contribution in [0.2, 0.25) is 0 Å². The first-order valence-electron chi connectivity index (χ1n) is 10.2. The van der Waals surface area contributed by atoms with Gasteiger partial charge in [0.2, 0.25) is 23.6 Å². The molecule has 0 aromatic carbocycles. The Kier molecular flexibility index (Phi) is 14.3. The van der Waals surface area contributed by atoms with Crippen molar-refractivity contribution in [1.82, 2.24) is 16.0 Å².